The van der Waals surface area contributed by atoms with E-state index in [0.29, 0.717) is 28.1 Å². The molecule has 5 rings (SSSR count). The van der Waals surface area contributed by atoms with Crippen molar-refractivity contribution in [3.63, 3.8) is 0 Å². The van der Waals surface area contributed by atoms with E-state index in [4.69, 9.17) is 0 Å². The maximum atomic E-state index is 13.1. The second-order valence-electron chi connectivity index (χ2n) is 7.70. The molecule has 152 valence electrons. The van der Waals surface area contributed by atoms with Crippen molar-refractivity contribution in [3.8, 4) is 0 Å². The summed E-state index contributed by atoms with van der Waals surface area (Å²) in [6.07, 6.45) is 0.0243. The maximum absolute atomic E-state index is 13.1. The zero-order valence-electron chi connectivity index (χ0n) is 16.7. The minimum atomic E-state index is -0.689. The largest absolute Gasteiger partial charge is 0.274 e. The van der Waals surface area contributed by atoms with Gasteiger partial charge in [0.25, 0.3) is 11.8 Å². The third-order valence-corrected chi connectivity index (χ3v) is 5.79. The fourth-order valence-corrected chi connectivity index (χ4v) is 4.35. The lowest BCUT2D eigenvalue weighted by atomic mass is 9.91. The summed E-state index contributed by atoms with van der Waals surface area (Å²) in [5, 5.41) is 0. The number of aryl methyl sites for hydroxylation is 1. The van der Waals surface area contributed by atoms with Crippen LogP contribution in [0.25, 0.3) is 0 Å². The first-order chi connectivity index (χ1) is 15.0. The van der Waals surface area contributed by atoms with Gasteiger partial charge in [0.05, 0.1) is 28.4 Å². The number of para-hydroxylation sites is 2. The zero-order chi connectivity index (χ0) is 21.7. The second-order valence-corrected chi connectivity index (χ2v) is 7.70. The van der Waals surface area contributed by atoms with Gasteiger partial charge in [-0.05, 0) is 48.4 Å². The summed E-state index contributed by atoms with van der Waals surface area (Å²) in [6.45, 7) is 1.75. The molecule has 0 aromatic heterocycles. The molecule has 0 saturated carbocycles. The molecule has 6 nitrogen and oxygen atoms in total. The highest BCUT2D eigenvalue weighted by molar-refractivity contribution is 6.35. The van der Waals surface area contributed by atoms with Crippen molar-refractivity contribution in [2.45, 2.75) is 19.3 Å². The number of hydrogen-bond donors (Lipinski definition) is 0. The van der Waals surface area contributed by atoms with Crippen molar-refractivity contribution < 1.29 is 19.2 Å². The quantitative estimate of drug-likeness (QED) is 0.615. The highest BCUT2D eigenvalue weighted by atomic mass is 16.2. The van der Waals surface area contributed by atoms with Crippen LogP contribution >= 0.6 is 0 Å². The van der Waals surface area contributed by atoms with E-state index in [2.05, 4.69) is 0 Å². The first kappa shape index (κ1) is 18.9. The van der Waals surface area contributed by atoms with Crippen LogP contribution < -0.4 is 9.80 Å². The summed E-state index contributed by atoms with van der Waals surface area (Å²) in [5.41, 5.74) is 2.82. The average Bonchev–Trinajstić information content (AvgIpc) is 3.21. The smallest absolute Gasteiger partial charge is 0.266 e. The van der Waals surface area contributed by atoms with Crippen LogP contribution in [0.2, 0.25) is 0 Å². The van der Waals surface area contributed by atoms with Crippen molar-refractivity contribution in [2.24, 2.45) is 0 Å². The first-order valence-corrected chi connectivity index (χ1v) is 9.97. The Bertz CT molecular complexity index is 1250. The van der Waals surface area contributed by atoms with E-state index in [-0.39, 0.29) is 29.7 Å². The third kappa shape index (κ3) is 2.87. The summed E-state index contributed by atoms with van der Waals surface area (Å²) in [5.74, 6) is -2.10. The molecule has 31 heavy (non-hydrogen) atoms. The molecule has 1 fully saturated rings. The van der Waals surface area contributed by atoms with Crippen molar-refractivity contribution in [1.29, 1.82) is 0 Å². The van der Waals surface area contributed by atoms with Crippen LogP contribution in [0.15, 0.2) is 72.8 Å². The molecule has 0 bridgehead atoms. The number of carbonyl (C=O) groups excluding carboxylic acids is 4. The van der Waals surface area contributed by atoms with Gasteiger partial charge >= 0.3 is 0 Å². The van der Waals surface area contributed by atoms with E-state index in [0.717, 1.165) is 4.90 Å². The molecule has 0 radical (unpaired) electrons. The minimum absolute atomic E-state index is 0.0243. The highest BCUT2D eigenvalue weighted by Crippen LogP contribution is 2.37. The van der Waals surface area contributed by atoms with Gasteiger partial charge < -0.3 is 0 Å². The van der Waals surface area contributed by atoms with Crippen molar-refractivity contribution in [2.75, 3.05) is 9.80 Å². The molecule has 6 heteroatoms. The van der Waals surface area contributed by atoms with Crippen LogP contribution in [0.4, 0.5) is 11.4 Å². The SMILES string of the molecule is Cc1cc(C2CC(=O)N(c3ccccc3)C2=O)cc2c1C(=O)N(c1ccccc1)C2=O. The highest BCUT2D eigenvalue weighted by Gasteiger charge is 2.43. The molecule has 2 heterocycles. The predicted molar refractivity (Wildman–Crippen MR) is 115 cm³/mol. The van der Waals surface area contributed by atoms with Gasteiger partial charge in [0, 0.05) is 6.42 Å². The summed E-state index contributed by atoms with van der Waals surface area (Å²) >= 11 is 0. The molecular formula is C25H18N2O4. The Morgan fingerprint density at radius 3 is 1.94 bits per heavy atom. The van der Waals surface area contributed by atoms with Gasteiger partial charge in [0.15, 0.2) is 0 Å². The van der Waals surface area contributed by atoms with Gasteiger partial charge in [-0.2, -0.15) is 0 Å². The summed E-state index contributed by atoms with van der Waals surface area (Å²) in [6, 6.07) is 20.9. The number of fused-ring (bicyclic) bond motifs is 1. The van der Waals surface area contributed by atoms with Crippen LogP contribution in [-0.4, -0.2) is 23.6 Å². The first-order valence-electron chi connectivity index (χ1n) is 9.97. The van der Waals surface area contributed by atoms with E-state index in [1.165, 1.54) is 4.90 Å². The Kier molecular flexibility index (Phi) is 4.29. The lowest BCUT2D eigenvalue weighted by Crippen LogP contribution is -2.30. The van der Waals surface area contributed by atoms with Gasteiger partial charge in [-0.25, -0.2) is 4.90 Å². The lowest BCUT2D eigenvalue weighted by Gasteiger charge is -2.15. The van der Waals surface area contributed by atoms with E-state index >= 15 is 0 Å². The molecule has 4 amide bonds. The third-order valence-electron chi connectivity index (χ3n) is 5.79. The second kappa shape index (κ2) is 7.02. The van der Waals surface area contributed by atoms with Crippen molar-refractivity contribution in [3.05, 3.63) is 95.1 Å². The topological polar surface area (TPSA) is 74.8 Å². The van der Waals surface area contributed by atoms with Crippen LogP contribution in [0.1, 0.15) is 44.2 Å². The summed E-state index contributed by atoms with van der Waals surface area (Å²) in [4.78, 5) is 54.2. The normalized spacial score (nSPS) is 18.2. The van der Waals surface area contributed by atoms with Gasteiger partial charge in [-0.1, -0.05) is 42.5 Å². The summed E-state index contributed by atoms with van der Waals surface area (Å²) < 4.78 is 0. The van der Waals surface area contributed by atoms with Crippen LogP contribution in [0.5, 0.6) is 0 Å². The van der Waals surface area contributed by atoms with Crippen LogP contribution in [-0.2, 0) is 9.59 Å². The van der Waals surface area contributed by atoms with Gasteiger partial charge in [0.1, 0.15) is 0 Å². The Morgan fingerprint density at radius 1 is 0.742 bits per heavy atom. The molecule has 3 aromatic carbocycles. The molecule has 2 aliphatic rings. The fraction of sp³-hybridized carbons (Fsp3) is 0.120. The maximum Gasteiger partial charge on any atom is 0.266 e. The number of anilines is 2. The number of imide groups is 2. The molecule has 3 aromatic rings. The molecule has 1 saturated heterocycles. The number of amides is 4. The fourth-order valence-electron chi connectivity index (χ4n) is 4.35. The Hall–Kier alpha value is -4.06. The van der Waals surface area contributed by atoms with E-state index < -0.39 is 11.8 Å². The lowest BCUT2D eigenvalue weighted by molar-refractivity contribution is -0.121. The Labute approximate surface area is 178 Å². The standard InChI is InChI=1S/C25H18N2O4/c1-15-12-16(19-14-21(28)26(23(19)29)17-8-4-2-5-9-17)13-20-22(15)25(31)27(24(20)30)18-10-6-3-7-11-18/h2-13,19H,14H2,1H3. The predicted octanol–water partition coefficient (Wildman–Crippen LogP) is 3.84. The molecular weight excluding hydrogens is 392 g/mol. The number of carbonyl (C=O) groups is 4. The Balaban J connectivity index is 1.53. The van der Waals surface area contributed by atoms with Gasteiger partial charge in [-0.15, -0.1) is 0 Å². The molecule has 2 aliphatic heterocycles. The van der Waals surface area contributed by atoms with Gasteiger partial charge in [0.2, 0.25) is 11.8 Å². The van der Waals surface area contributed by atoms with Crippen LogP contribution in [0.3, 0.4) is 0 Å². The van der Waals surface area contributed by atoms with E-state index in [1.54, 1.807) is 67.6 Å². The van der Waals surface area contributed by atoms with E-state index in [1.807, 2.05) is 12.1 Å². The van der Waals surface area contributed by atoms with E-state index in [9.17, 15) is 19.2 Å². The molecule has 0 aliphatic carbocycles. The molecule has 1 atom stereocenters. The van der Waals surface area contributed by atoms with Crippen LogP contribution in [0, 0.1) is 6.92 Å². The Morgan fingerprint density at radius 2 is 1.32 bits per heavy atom. The average molecular weight is 410 g/mol. The number of hydrogen-bond acceptors (Lipinski definition) is 4. The number of rotatable bonds is 3. The summed E-state index contributed by atoms with van der Waals surface area (Å²) in [7, 11) is 0. The zero-order valence-corrected chi connectivity index (χ0v) is 16.7. The van der Waals surface area contributed by atoms with Crippen molar-refractivity contribution >= 4 is 35.0 Å². The number of nitrogens with zero attached hydrogens (tertiary/aromatic N) is 2. The number of benzene rings is 3. The van der Waals surface area contributed by atoms with Gasteiger partial charge in [-0.3, -0.25) is 24.1 Å². The molecule has 1 unspecified atom stereocenters. The monoisotopic (exact) mass is 410 g/mol. The molecule has 0 spiro atoms. The van der Waals surface area contributed by atoms with Crippen molar-refractivity contribution in [1.82, 2.24) is 0 Å². The molecule has 0 N–H and O–H groups in total. The minimum Gasteiger partial charge on any atom is -0.274 e.